The van der Waals surface area contributed by atoms with Gasteiger partial charge in [0.2, 0.25) is 0 Å². The summed E-state index contributed by atoms with van der Waals surface area (Å²) >= 11 is 0. The fourth-order valence-corrected chi connectivity index (χ4v) is 3.24. The lowest BCUT2D eigenvalue weighted by molar-refractivity contribution is 0.0155. The van der Waals surface area contributed by atoms with Crippen LogP contribution in [0.3, 0.4) is 0 Å². The third kappa shape index (κ3) is 18.1. The van der Waals surface area contributed by atoms with Gasteiger partial charge in [-0.2, -0.15) is 0 Å². The summed E-state index contributed by atoms with van der Waals surface area (Å²) in [6.45, 7) is 7.16. The summed E-state index contributed by atoms with van der Waals surface area (Å²) in [5.74, 6) is 0. The zero-order chi connectivity index (χ0) is 19.3. The van der Waals surface area contributed by atoms with Crippen LogP contribution in [0, 0.1) is 0 Å². The van der Waals surface area contributed by atoms with E-state index >= 15 is 0 Å². The minimum Gasteiger partial charge on any atom is -0.434 e. The first kappa shape index (κ1) is 25.3. The van der Waals surface area contributed by atoms with E-state index in [-0.39, 0.29) is 6.10 Å². The van der Waals surface area contributed by atoms with Gasteiger partial charge in [0, 0.05) is 0 Å². The molecule has 3 nitrogen and oxygen atoms in total. The molecule has 0 aromatic heterocycles. The van der Waals surface area contributed by atoms with E-state index < -0.39 is 6.16 Å². The highest BCUT2D eigenvalue weighted by molar-refractivity contribution is 5.60. The number of carbonyl (C=O) groups is 1. The Hall–Kier alpha value is -0.730. The Morgan fingerprint density at radius 1 is 0.615 bits per heavy atom. The fourth-order valence-electron chi connectivity index (χ4n) is 3.24. The first-order chi connectivity index (χ1) is 12.7. The number of hydrogen-bond donors (Lipinski definition) is 0. The van der Waals surface area contributed by atoms with Crippen LogP contribution < -0.4 is 0 Å². The highest BCUT2D eigenvalue weighted by atomic mass is 16.7. The van der Waals surface area contributed by atoms with Gasteiger partial charge < -0.3 is 9.47 Å². The van der Waals surface area contributed by atoms with Gasteiger partial charge in [-0.25, -0.2) is 4.79 Å². The summed E-state index contributed by atoms with van der Waals surface area (Å²) in [5, 5.41) is 0. The monoisotopic (exact) mass is 370 g/mol. The highest BCUT2D eigenvalue weighted by Crippen LogP contribution is 2.17. The second kappa shape index (κ2) is 20.6. The molecule has 0 aliphatic carbocycles. The van der Waals surface area contributed by atoms with E-state index in [1.165, 1.54) is 70.6 Å². The molecular weight excluding hydrogens is 324 g/mol. The molecule has 1 atom stereocenters. The van der Waals surface area contributed by atoms with Crippen LogP contribution in [0.15, 0.2) is 0 Å². The zero-order valence-electron chi connectivity index (χ0n) is 18.0. The molecule has 0 aromatic carbocycles. The summed E-state index contributed by atoms with van der Waals surface area (Å²) in [6, 6.07) is 0. The lowest BCUT2D eigenvalue weighted by Gasteiger charge is -2.18. The van der Waals surface area contributed by atoms with Crippen LogP contribution in [-0.4, -0.2) is 18.9 Å². The van der Waals surface area contributed by atoms with Crippen LogP contribution in [0.5, 0.6) is 0 Å². The van der Waals surface area contributed by atoms with Gasteiger partial charge in [-0.1, -0.05) is 97.8 Å². The molecule has 0 heterocycles. The third-order valence-electron chi connectivity index (χ3n) is 4.99. The molecule has 0 saturated heterocycles. The Labute approximate surface area is 163 Å². The molecule has 0 aromatic rings. The summed E-state index contributed by atoms with van der Waals surface area (Å²) in [6.07, 6.45) is 20.0. The first-order valence-electron chi connectivity index (χ1n) is 11.6. The van der Waals surface area contributed by atoms with Crippen molar-refractivity contribution >= 4 is 6.16 Å². The Kier molecular flexibility index (Phi) is 20.0. The van der Waals surface area contributed by atoms with Crippen molar-refractivity contribution in [3.8, 4) is 0 Å². The Bertz CT molecular complexity index is 291. The minimum atomic E-state index is -0.454. The van der Waals surface area contributed by atoms with Crippen molar-refractivity contribution in [2.45, 2.75) is 136 Å². The predicted octanol–water partition coefficient (Wildman–Crippen LogP) is 8.20. The largest absolute Gasteiger partial charge is 0.508 e. The molecule has 1 unspecified atom stereocenters. The van der Waals surface area contributed by atoms with Gasteiger partial charge in [-0.15, -0.1) is 0 Å². The predicted molar refractivity (Wildman–Crippen MR) is 112 cm³/mol. The van der Waals surface area contributed by atoms with E-state index in [0.717, 1.165) is 38.5 Å². The van der Waals surface area contributed by atoms with Crippen LogP contribution in [0.4, 0.5) is 4.79 Å². The normalized spacial score (nSPS) is 12.1. The molecule has 0 saturated carbocycles. The topological polar surface area (TPSA) is 35.5 Å². The standard InChI is InChI=1S/C23H46O3/c1-4-7-10-13-14-15-17-20-22(19-16-11-8-5-2)26-23(24)25-21-18-12-9-6-3/h22H,4-21H2,1-3H3. The molecular formula is C23H46O3. The molecule has 0 amide bonds. The Balaban J connectivity index is 3.94. The van der Waals surface area contributed by atoms with E-state index in [2.05, 4.69) is 20.8 Å². The molecule has 0 aliphatic rings. The molecule has 0 bridgehead atoms. The van der Waals surface area contributed by atoms with Crippen molar-refractivity contribution in [3.05, 3.63) is 0 Å². The minimum absolute atomic E-state index is 0.0469. The van der Waals surface area contributed by atoms with Gasteiger partial charge in [-0.05, 0) is 32.1 Å². The number of hydrogen-bond acceptors (Lipinski definition) is 3. The lowest BCUT2D eigenvalue weighted by atomic mass is 10.0. The highest BCUT2D eigenvalue weighted by Gasteiger charge is 2.15. The lowest BCUT2D eigenvalue weighted by Crippen LogP contribution is -2.19. The third-order valence-corrected chi connectivity index (χ3v) is 4.99. The van der Waals surface area contributed by atoms with Gasteiger partial charge in [-0.3, -0.25) is 0 Å². The van der Waals surface area contributed by atoms with Crippen molar-refractivity contribution in [1.82, 2.24) is 0 Å². The molecule has 0 aliphatic heterocycles. The summed E-state index contributed by atoms with van der Waals surface area (Å²) in [7, 11) is 0. The van der Waals surface area contributed by atoms with Crippen LogP contribution in [-0.2, 0) is 9.47 Å². The summed E-state index contributed by atoms with van der Waals surface area (Å²) in [5.41, 5.74) is 0. The van der Waals surface area contributed by atoms with E-state index in [9.17, 15) is 4.79 Å². The first-order valence-corrected chi connectivity index (χ1v) is 11.6. The van der Waals surface area contributed by atoms with Gasteiger partial charge in [0.1, 0.15) is 6.10 Å². The van der Waals surface area contributed by atoms with Crippen molar-refractivity contribution < 1.29 is 14.3 Å². The fraction of sp³-hybridized carbons (Fsp3) is 0.957. The van der Waals surface area contributed by atoms with Crippen molar-refractivity contribution in [3.63, 3.8) is 0 Å². The number of rotatable bonds is 19. The second-order valence-electron chi connectivity index (χ2n) is 7.66. The maximum absolute atomic E-state index is 11.9. The van der Waals surface area contributed by atoms with Crippen LogP contribution in [0.25, 0.3) is 0 Å². The second-order valence-corrected chi connectivity index (χ2v) is 7.66. The van der Waals surface area contributed by atoms with E-state index in [1.807, 2.05) is 0 Å². The Morgan fingerprint density at radius 2 is 1.04 bits per heavy atom. The maximum Gasteiger partial charge on any atom is 0.508 e. The van der Waals surface area contributed by atoms with Crippen molar-refractivity contribution in [2.24, 2.45) is 0 Å². The number of carbonyl (C=O) groups excluding carboxylic acids is 1. The molecule has 26 heavy (non-hydrogen) atoms. The van der Waals surface area contributed by atoms with Crippen molar-refractivity contribution in [1.29, 1.82) is 0 Å². The number of unbranched alkanes of at least 4 members (excludes halogenated alkanes) is 12. The smallest absolute Gasteiger partial charge is 0.434 e. The Morgan fingerprint density at radius 3 is 1.58 bits per heavy atom. The van der Waals surface area contributed by atoms with Gasteiger partial charge in [0.15, 0.2) is 0 Å². The average molecular weight is 371 g/mol. The number of ether oxygens (including phenoxy) is 2. The van der Waals surface area contributed by atoms with Gasteiger partial charge >= 0.3 is 6.16 Å². The summed E-state index contributed by atoms with van der Waals surface area (Å²) in [4.78, 5) is 11.9. The molecule has 0 fully saturated rings. The molecule has 0 radical (unpaired) electrons. The van der Waals surface area contributed by atoms with E-state index in [0.29, 0.717) is 6.61 Å². The molecule has 0 N–H and O–H groups in total. The molecule has 0 spiro atoms. The van der Waals surface area contributed by atoms with Crippen LogP contribution in [0.2, 0.25) is 0 Å². The summed E-state index contributed by atoms with van der Waals surface area (Å²) < 4.78 is 10.9. The van der Waals surface area contributed by atoms with Crippen LogP contribution in [0.1, 0.15) is 130 Å². The van der Waals surface area contributed by atoms with Crippen LogP contribution >= 0.6 is 0 Å². The molecule has 3 heteroatoms. The molecule has 0 rings (SSSR count). The quantitative estimate of drug-likeness (QED) is 0.170. The van der Waals surface area contributed by atoms with Gasteiger partial charge in [0.05, 0.1) is 6.61 Å². The van der Waals surface area contributed by atoms with E-state index in [4.69, 9.17) is 9.47 Å². The van der Waals surface area contributed by atoms with E-state index in [1.54, 1.807) is 0 Å². The van der Waals surface area contributed by atoms with Crippen molar-refractivity contribution in [2.75, 3.05) is 6.61 Å². The van der Waals surface area contributed by atoms with Gasteiger partial charge in [0.25, 0.3) is 0 Å². The zero-order valence-corrected chi connectivity index (χ0v) is 18.0. The maximum atomic E-state index is 11.9. The average Bonchev–Trinajstić information content (AvgIpc) is 2.64. The molecule has 156 valence electrons. The SMILES string of the molecule is CCCCCCCCCC(CCCCCC)OC(=O)OCCCCCC.